The molecule has 3 fully saturated rings. The lowest BCUT2D eigenvalue weighted by Crippen LogP contribution is -2.56. The molecule has 0 aliphatic heterocycles. The zero-order valence-electron chi connectivity index (χ0n) is 15.2. The number of aliphatic hydroxyl groups excluding tert-OH is 3. The number of rotatable bonds is 0. The van der Waals surface area contributed by atoms with E-state index in [4.69, 9.17) is 6.42 Å². The van der Waals surface area contributed by atoms with Crippen LogP contribution in [-0.2, 0) is 0 Å². The minimum atomic E-state index is -1.45. The Bertz CT molecular complexity index is 651. The van der Waals surface area contributed by atoms with Gasteiger partial charge in [-0.2, -0.15) is 0 Å². The molecule has 0 heterocycles. The van der Waals surface area contributed by atoms with Gasteiger partial charge in [-0.15, -0.1) is 6.42 Å². The fraction of sp³-hybridized carbons (Fsp3) is 0.810. The topological polar surface area (TPSA) is 80.9 Å². The van der Waals surface area contributed by atoms with Crippen molar-refractivity contribution in [3.05, 3.63) is 11.6 Å². The molecule has 4 aliphatic carbocycles. The maximum Gasteiger partial charge on any atom is 0.156 e. The highest BCUT2D eigenvalue weighted by Crippen LogP contribution is 2.66. The first-order valence-electron chi connectivity index (χ1n) is 9.61. The third-order valence-corrected chi connectivity index (χ3v) is 8.57. The normalized spacial score (nSPS) is 57.7. The van der Waals surface area contributed by atoms with Crippen LogP contribution in [0.5, 0.6) is 0 Å². The van der Waals surface area contributed by atoms with Crippen molar-refractivity contribution in [1.29, 1.82) is 0 Å². The highest BCUT2D eigenvalue weighted by molar-refractivity contribution is 5.31. The SMILES string of the molecule is C#C[C@]1(O)[C@H](O)C[C@H]2[C@@H]3CC=C4C[C@@H](O)[C@H](O)C[C@]4(C)[C@H]3CC[C@@]21C. The second-order valence-electron chi connectivity index (χ2n) is 9.42. The van der Waals surface area contributed by atoms with Gasteiger partial charge in [0.1, 0.15) is 0 Å². The maximum absolute atomic E-state index is 11.0. The second kappa shape index (κ2) is 5.33. The molecule has 4 heteroatoms. The summed E-state index contributed by atoms with van der Waals surface area (Å²) in [6, 6.07) is 0. The zero-order valence-corrected chi connectivity index (χ0v) is 15.2. The number of allylic oxidation sites excluding steroid dienone is 1. The maximum atomic E-state index is 11.0. The molecule has 9 atom stereocenters. The van der Waals surface area contributed by atoms with E-state index in [1.807, 2.05) is 6.92 Å². The fourth-order valence-corrected chi connectivity index (χ4v) is 6.97. The first-order valence-corrected chi connectivity index (χ1v) is 9.61. The van der Waals surface area contributed by atoms with E-state index in [1.165, 1.54) is 5.57 Å². The Labute approximate surface area is 150 Å². The van der Waals surface area contributed by atoms with E-state index in [-0.39, 0.29) is 11.3 Å². The van der Waals surface area contributed by atoms with E-state index >= 15 is 0 Å². The molecule has 4 nitrogen and oxygen atoms in total. The summed E-state index contributed by atoms with van der Waals surface area (Å²) in [4.78, 5) is 0. The zero-order chi connectivity index (χ0) is 18.2. The van der Waals surface area contributed by atoms with E-state index < -0.39 is 29.3 Å². The predicted molar refractivity (Wildman–Crippen MR) is 94.3 cm³/mol. The summed E-state index contributed by atoms with van der Waals surface area (Å²) in [5, 5.41) is 41.9. The molecule has 138 valence electrons. The molecule has 0 radical (unpaired) electrons. The van der Waals surface area contributed by atoms with E-state index in [0.29, 0.717) is 31.1 Å². The van der Waals surface area contributed by atoms with Crippen molar-refractivity contribution in [2.75, 3.05) is 0 Å². The Balaban J connectivity index is 1.72. The van der Waals surface area contributed by atoms with Crippen LogP contribution in [0, 0.1) is 40.9 Å². The molecule has 0 aromatic rings. The monoisotopic (exact) mass is 346 g/mol. The van der Waals surface area contributed by atoms with E-state index in [0.717, 1.165) is 19.3 Å². The molecule has 0 bridgehead atoms. The third-order valence-electron chi connectivity index (χ3n) is 8.57. The Hall–Kier alpha value is -0.860. The second-order valence-corrected chi connectivity index (χ2v) is 9.42. The van der Waals surface area contributed by atoms with Gasteiger partial charge in [0.15, 0.2) is 5.60 Å². The number of terminal acetylenes is 1. The summed E-state index contributed by atoms with van der Waals surface area (Å²) in [7, 11) is 0. The smallest absolute Gasteiger partial charge is 0.156 e. The minimum absolute atomic E-state index is 0.106. The lowest BCUT2D eigenvalue weighted by atomic mass is 9.47. The molecule has 0 spiro atoms. The summed E-state index contributed by atoms with van der Waals surface area (Å²) in [6.45, 7) is 4.27. The predicted octanol–water partition coefficient (Wildman–Crippen LogP) is 1.62. The van der Waals surface area contributed by atoms with Gasteiger partial charge in [-0.1, -0.05) is 31.4 Å². The van der Waals surface area contributed by atoms with Gasteiger partial charge in [0.05, 0.1) is 18.3 Å². The number of hydrogen-bond acceptors (Lipinski definition) is 4. The average Bonchev–Trinajstić information content (AvgIpc) is 2.77. The number of hydrogen-bond donors (Lipinski definition) is 4. The lowest BCUT2D eigenvalue weighted by Gasteiger charge is -2.58. The van der Waals surface area contributed by atoms with Crippen molar-refractivity contribution in [3.63, 3.8) is 0 Å². The molecule has 0 saturated heterocycles. The van der Waals surface area contributed by atoms with Crippen LogP contribution in [0.2, 0.25) is 0 Å². The summed E-state index contributed by atoms with van der Waals surface area (Å²) >= 11 is 0. The minimum Gasteiger partial charge on any atom is -0.390 e. The van der Waals surface area contributed by atoms with Crippen LogP contribution >= 0.6 is 0 Å². The Morgan fingerprint density at radius 1 is 1.16 bits per heavy atom. The van der Waals surface area contributed by atoms with Gasteiger partial charge in [-0.25, -0.2) is 0 Å². The molecule has 0 amide bonds. The summed E-state index contributed by atoms with van der Waals surface area (Å²) in [6.07, 6.45) is 10.0. The van der Waals surface area contributed by atoms with Crippen LogP contribution in [-0.4, -0.2) is 44.3 Å². The number of fused-ring (bicyclic) bond motifs is 5. The largest absolute Gasteiger partial charge is 0.390 e. The van der Waals surface area contributed by atoms with Crippen molar-refractivity contribution in [3.8, 4) is 12.3 Å². The molecule has 0 unspecified atom stereocenters. The first kappa shape index (κ1) is 17.5. The Morgan fingerprint density at radius 2 is 1.88 bits per heavy atom. The van der Waals surface area contributed by atoms with Crippen molar-refractivity contribution in [2.45, 2.75) is 76.3 Å². The third kappa shape index (κ3) is 2.04. The van der Waals surface area contributed by atoms with Crippen LogP contribution in [0.25, 0.3) is 0 Å². The molecular formula is C21H30O4. The first-order chi connectivity index (χ1) is 11.7. The van der Waals surface area contributed by atoms with Crippen molar-refractivity contribution in [1.82, 2.24) is 0 Å². The van der Waals surface area contributed by atoms with Crippen LogP contribution < -0.4 is 0 Å². The number of aliphatic hydroxyl groups is 4. The molecule has 25 heavy (non-hydrogen) atoms. The van der Waals surface area contributed by atoms with Gasteiger partial charge in [0.25, 0.3) is 0 Å². The Morgan fingerprint density at radius 3 is 2.56 bits per heavy atom. The molecule has 3 saturated carbocycles. The molecule has 4 N–H and O–H groups in total. The lowest BCUT2D eigenvalue weighted by molar-refractivity contribution is -0.125. The fourth-order valence-electron chi connectivity index (χ4n) is 6.97. The highest BCUT2D eigenvalue weighted by Gasteiger charge is 2.67. The van der Waals surface area contributed by atoms with Crippen LogP contribution in [0.4, 0.5) is 0 Å². The average molecular weight is 346 g/mol. The van der Waals surface area contributed by atoms with Crippen LogP contribution in [0.3, 0.4) is 0 Å². The van der Waals surface area contributed by atoms with Gasteiger partial charge in [0, 0.05) is 5.41 Å². The quantitative estimate of drug-likeness (QED) is 0.397. The van der Waals surface area contributed by atoms with Crippen molar-refractivity contribution >= 4 is 0 Å². The van der Waals surface area contributed by atoms with Gasteiger partial charge in [-0.05, 0) is 61.7 Å². The Kier molecular flexibility index (Phi) is 3.74. The van der Waals surface area contributed by atoms with Gasteiger partial charge >= 0.3 is 0 Å². The van der Waals surface area contributed by atoms with Gasteiger partial charge in [0.2, 0.25) is 0 Å². The molecule has 0 aromatic carbocycles. The molecule has 4 aliphatic rings. The van der Waals surface area contributed by atoms with Gasteiger partial charge < -0.3 is 20.4 Å². The highest BCUT2D eigenvalue weighted by atomic mass is 16.3. The molecule has 4 rings (SSSR count). The summed E-state index contributed by atoms with van der Waals surface area (Å²) in [5.74, 6) is 3.46. The van der Waals surface area contributed by atoms with E-state index in [1.54, 1.807) is 0 Å². The van der Waals surface area contributed by atoms with Crippen molar-refractivity contribution < 1.29 is 20.4 Å². The molecular weight excluding hydrogens is 316 g/mol. The van der Waals surface area contributed by atoms with E-state index in [2.05, 4.69) is 18.9 Å². The molecule has 0 aromatic heterocycles. The summed E-state index contributed by atoms with van der Waals surface area (Å²) < 4.78 is 0. The van der Waals surface area contributed by atoms with Crippen LogP contribution in [0.15, 0.2) is 11.6 Å². The van der Waals surface area contributed by atoms with Crippen LogP contribution in [0.1, 0.15) is 52.4 Å². The van der Waals surface area contributed by atoms with E-state index in [9.17, 15) is 20.4 Å². The summed E-state index contributed by atoms with van der Waals surface area (Å²) in [5.41, 5.74) is -0.738. The van der Waals surface area contributed by atoms with Crippen molar-refractivity contribution in [2.24, 2.45) is 28.6 Å². The standard InChI is InChI=1S/C21H30O4/c1-4-21(25)18(24)10-15-13-6-5-12-9-16(22)17(23)11-19(12,2)14(13)7-8-20(15,21)3/h1,5,13-18,22-25H,6-11H2,2-3H3/t13-,14+,15+,16-,17-,18-,19+,20+,21+/m1/s1. The van der Waals surface area contributed by atoms with Gasteiger partial charge in [-0.3, -0.25) is 0 Å².